The fraction of sp³-hybridized carbons (Fsp3) is 0.900. The second-order valence-electron chi connectivity index (χ2n) is 3.88. The van der Waals surface area contributed by atoms with E-state index in [0.717, 1.165) is 6.54 Å². The summed E-state index contributed by atoms with van der Waals surface area (Å²) in [6, 6.07) is 0.711. The molecule has 0 aliphatic heterocycles. The van der Waals surface area contributed by atoms with Crippen molar-refractivity contribution in [1.29, 1.82) is 0 Å². The van der Waals surface area contributed by atoms with Gasteiger partial charge in [0.1, 0.15) is 0 Å². The lowest BCUT2D eigenvalue weighted by Gasteiger charge is -2.11. The van der Waals surface area contributed by atoms with Crippen LogP contribution in [-0.4, -0.2) is 38.8 Å². The molecule has 82 valence electrons. The molecule has 0 spiro atoms. The number of nitrogens with one attached hydrogen (secondary N) is 2. The Hall–Kier alpha value is -0.610. The Balaban J connectivity index is 1.95. The summed E-state index contributed by atoms with van der Waals surface area (Å²) < 4.78 is 4.90. The fourth-order valence-corrected chi connectivity index (χ4v) is 1.25. The van der Waals surface area contributed by atoms with E-state index >= 15 is 0 Å². The highest BCUT2D eigenvalue weighted by atomic mass is 16.5. The van der Waals surface area contributed by atoms with E-state index in [4.69, 9.17) is 4.74 Å². The maximum Gasteiger partial charge on any atom is 0.225 e. The zero-order valence-corrected chi connectivity index (χ0v) is 9.01. The van der Waals surface area contributed by atoms with Crippen molar-refractivity contribution < 1.29 is 9.53 Å². The Bertz CT molecular complexity index is 181. The van der Waals surface area contributed by atoms with Crippen molar-refractivity contribution in [2.24, 2.45) is 5.92 Å². The van der Waals surface area contributed by atoms with Crippen LogP contribution >= 0.6 is 0 Å². The van der Waals surface area contributed by atoms with Crippen LogP contribution in [0.5, 0.6) is 0 Å². The summed E-state index contributed by atoms with van der Waals surface area (Å²) in [4.78, 5) is 11.4. The highest BCUT2D eigenvalue weighted by molar-refractivity contribution is 5.78. The van der Waals surface area contributed by atoms with Gasteiger partial charge in [0, 0.05) is 26.2 Å². The number of rotatable bonds is 7. The average Bonchev–Trinajstić information content (AvgIpc) is 2.96. The van der Waals surface area contributed by atoms with Crippen molar-refractivity contribution in [3.8, 4) is 0 Å². The van der Waals surface area contributed by atoms with Crippen LogP contribution in [0.15, 0.2) is 0 Å². The number of amides is 1. The van der Waals surface area contributed by atoms with Crippen LogP contribution in [0.2, 0.25) is 0 Å². The molecule has 0 heterocycles. The van der Waals surface area contributed by atoms with E-state index in [0.29, 0.717) is 19.2 Å². The maximum atomic E-state index is 11.4. The summed E-state index contributed by atoms with van der Waals surface area (Å²) in [5.41, 5.74) is 0. The van der Waals surface area contributed by atoms with Crippen molar-refractivity contribution in [3.63, 3.8) is 0 Å². The first-order valence-corrected chi connectivity index (χ1v) is 5.24. The van der Waals surface area contributed by atoms with Gasteiger partial charge in [-0.1, -0.05) is 6.92 Å². The average molecular weight is 200 g/mol. The van der Waals surface area contributed by atoms with Crippen LogP contribution in [-0.2, 0) is 9.53 Å². The predicted molar refractivity (Wildman–Crippen MR) is 55.1 cm³/mol. The molecule has 1 fully saturated rings. The zero-order valence-electron chi connectivity index (χ0n) is 9.01. The van der Waals surface area contributed by atoms with E-state index in [1.165, 1.54) is 12.8 Å². The molecular formula is C10H20N2O2. The Morgan fingerprint density at radius 1 is 1.50 bits per heavy atom. The molecule has 0 aromatic carbocycles. The lowest BCUT2D eigenvalue weighted by Crippen LogP contribution is -2.36. The molecule has 2 N–H and O–H groups in total. The number of hydrogen-bond donors (Lipinski definition) is 2. The quantitative estimate of drug-likeness (QED) is 0.575. The third-order valence-corrected chi connectivity index (χ3v) is 2.30. The minimum absolute atomic E-state index is 0.0547. The van der Waals surface area contributed by atoms with E-state index in [1.807, 2.05) is 6.92 Å². The molecule has 1 rings (SSSR count). The van der Waals surface area contributed by atoms with Crippen LogP contribution in [0.1, 0.15) is 19.8 Å². The summed E-state index contributed by atoms with van der Waals surface area (Å²) in [7, 11) is 1.61. The molecule has 1 amide bonds. The number of methoxy groups -OCH3 is 1. The molecule has 0 radical (unpaired) electrons. The lowest BCUT2D eigenvalue weighted by molar-refractivity contribution is -0.125. The largest absolute Gasteiger partial charge is 0.384 e. The first-order valence-electron chi connectivity index (χ1n) is 5.24. The van der Waals surface area contributed by atoms with E-state index in [2.05, 4.69) is 10.6 Å². The number of carbonyl (C=O) groups excluding carboxylic acids is 1. The summed E-state index contributed by atoms with van der Waals surface area (Å²) in [5.74, 6) is 0.0189. The molecule has 0 bridgehead atoms. The van der Waals surface area contributed by atoms with Crippen molar-refractivity contribution in [3.05, 3.63) is 0 Å². The summed E-state index contributed by atoms with van der Waals surface area (Å²) in [5, 5.41) is 6.21. The molecule has 1 aliphatic carbocycles. The monoisotopic (exact) mass is 200 g/mol. The highest BCUT2D eigenvalue weighted by Crippen LogP contribution is 2.17. The molecule has 1 unspecified atom stereocenters. The minimum atomic E-state index is -0.0547. The van der Waals surface area contributed by atoms with Crippen LogP contribution in [0.3, 0.4) is 0 Å². The van der Waals surface area contributed by atoms with Crippen molar-refractivity contribution in [2.45, 2.75) is 25.8 Å². The van der Waals surface area contributed by atoms with E-state index < -0.39 is 0 Å². The van der Waals surface area contributed by atoms with Crippen molar-refractivity contribution >= 4 is 5.91 Å². The van der Waals surface area contributed by atoms with Crippen molar-refractivity contribution in [2.75, 3.05) is 26.8 Å². The molecule has 14 heavy (non-hydrogen) atoms. The van der Waals surface area contributed by atoms with Gasteiger partial charge in [0.25, 0.3) is 0 Å². The fourth-order valence-electron chi connectivity index (χ4n) is 1.25. The number of hydrogen-bond acceptors (Lipinski definition) is 3. The SMILES string of the molecule is COCC(C)C(=O)NCCNC1CC1. The number of carbonyl (C=O) groups is 1. The zero-order chi connectivity index (χ0) is 10.4. The second kappa shape index (κ2) is 5.98. The Morgan fingerprint density at radius 3 is 2.79 bits per heavy atom. The summed E-state index contributed by atoms with van der Waals surface area (Å²) in [6.07, 6.45) is 2.57. The molecule has 4 nitrogen and oxygen atoms in total. The molecule has 0 saturated heterocycles. The third-order valence-electron chi connectivity index (χ3n) is 2.30. The first-order chi connectivity index (χ1) is 6.74. The maximum absolute atomic E-state index is 11.4. The first kappa shape index (κ1) is 11.5. The Labute approximate surface area is 85.4 Å². The van der Waals surface area contributed by atoms with Gasteiger partial charge in [-0.2, -0.15) is 0 Å². The highest BCUT2D eigenvalue weighted by Gasteiger charge is 2.19. The van der Waals surface area contributed by atoms with Gasteiger partial charge in [-0.05, 0) is 12.8 Å². The molecule has 1 atom stereocenters. The van der Waals surface area contributed by atoms with E-state index in [-0.39, 0.29) is 11.8 Å². The molecule has 1 aliphatic rings. The molecule has 1 saturated carbocycles. The van der Waals surface area contributed by atoms with Gasteiger partial charge in [-0.15, -0.1) is 0 Å². The van der Waals surface area contributed by atoms with Crippen LogP contribution in [0.4, 0.5) is 0 Å². The summed E-state index contributed by atoms with van der Waals surface area (Å²) >= 11 is 0. The predicted octanol–water partition coefficient (Wildman–Crippen LogP) is 0.137. The van der Waals surface area contributed by atoms with Gasteiger partial charge in [0.15, 0.2) is 0 Å². The van der Waals surface area contributed by atoms with E-state index in [9.17, 15) is 4.79 Å². The smallest absolute Gasteiger partial charge is 0.225 e. The topological polar surface area (TPSA) is 50.4 Å². The number of ether oxygens (including phenoxy) is 1. The molecular weight excluding hydrogens is 180 g/mol. The Kier molecular flexibility index (Phi) is 4.90. The van der Waals surface area contributed by atoms with Gasteiger partial charge in [0.2, 0.25) is 5.91 Å². The van der Waals surface area contributed by atoms with Gasteiger partial charge in [0.05, 0.1) is 12.5 Å². The van der Waals surface area contributed by atoms with Gasteiger partial charge in [-0.3, -0.25) is 4.79 Å². The third kappa shape index (κ3) is 4.58. The summed E-state index contributed by atoms with van der Waals surface area (Å²) in [6.45, 7) is 3.94. The van der Waals surface area contributed by atoms with Gasteiger partial charge < -0.3 is 15.4 Å². The normalized spacial score (nSPS) is 17.9. The van der Waals surface area contributed by atoms with Crippen LogP contribution in [0.25, 0.3) is 0 Å². The lowest BCUT2D eigenvalue weighted by atomic mass is 10.2. The van der Waals surface area contributed by atoms with Crippen molar-refractivity contribution in [1.82, 2.24) is 10.6 Å². The second-order valence-corrected chi connectivity index (χ2v) is 3.88. The van der Waals surface area contributed by atoms with Crippen LogP contribution < -0.4 is 10.6 Å². The molecule has 4 heteroatoms. The van der Waals surface area contributed by atoms with Crippen LogP contribution in [0, 0.1) is 5.92 Å². The minimum Gasteiger partial charge on any atom is -0.384 e. The Morgan fingerprint density at radius 2 is 2.21 bits per heavy atom. The van der Waals surface area contributed by atoms with Gasteiger partial charge >= 0.3 is 0 Å². The van der Waals surface area contributed by atoms with Gasteiger partial charge in [-0.25, -0.2) is 0 Å². The molecule has 0 aromatic heterocycles. The standard InChI is InChI=1S/C10H20N2O2/c1-8(7-14-2)10(13)12-6-5-11-9-3-4-9/h8-9,11H,3-7H2,1-2H3,(H,12,13). The molecule has 0 aromatic rings. The van der Waals surface area contributed by atoms with E-state index in [1.54, 1.807) is 7.11 Å².